The van der Waals surface area contributed by atoms with Crippen LogP contribution >= 0.6 is 0 Å². The molecule has 0 atom stereocenters. The Hall–Kier alpha value is -2.88. The van der Waals surface area contributed by atoms with Crippen molar-refractivity contribution < 1.29 is 75.5 Å². The first-order valence-electron chi connectivity index (χ1n) is 21.3. The number of hydrogen-bond acceptors (Lipinski definition) is 15. The van der Waals surface area contributed by atoms with Crippen LogP contribution in [0.2, 0.25) is 0 Å². The summed E-state index contributed by atoms with van der Waals surface area (Å²) in [4.78, 5) is 14.2. The Balaban J connectivity index is 0.935. The van der Waals surface area contributed by atoms with E-state index in [0.717, 1.165) is 0 Å². The predicted molar refractivity (Wildman–Crippen MR) is 224 cm³/mol. The number of nitrogens with zero attached hydrogens (tertiary/aromatic N) is 1. The topological polar surface area (TPSA) is 150 Å². The Morgan fingerprint density at radius 3 is 0.984 bits per heavy atom. The minimum atomic E-state index is -0.480. The molecular weight excluding hydrogens is 801 g/mol. The highest BCUT2D eigenvalue weighted by Gasteiger charge is 2.29. The van der Waals surface area contributed by atoms with E-state index in [1.165, 1.54) is 27.2 Å². The molecule has 0 heterocycles. The van der Waals surface area contributed by atoms with Gasteiger partial charge in [-0.3, -0.25) is 0 Å². The van der Waals surface area contributed by atoms with Crippen molar-refractivity contribution in [3.8, 4) is 11.1 Å². The second-order valence-electron chi connectivity index (χ2n) is 13.4. The van der Waals surface area contributed by atoms with E-state index >= 15 is 0 Å². The van der Waals surface area contributed by atoms with Crippen molar-refractivity contribution in [3.05, 3.63) is 59.7 Å². The van der Waals surface area contributed by atoms with Crippen LogP contribution in [0.25, 0.3) is 11.1 Å². The molecule has 2 aromatic rings. The summed E-state index contributed by atoms with van der Waals surface area (Å²) in [5, 5.41) is 0. The Bertz CT molecular complexity index is 1290. The number of alkyl halides is 1. The Labute approximate surface area is 361 Å². The molecule has 0 radical (unpaired) electrons. The smallest absolute Gasteiger partial charge is 0.409 e. The molecule has 2 aromatic carbocycles. The number of benzene rings is 2. The third kappa shape index (κ3) is 25.7. The molecule has 3 rings (SSSR count). The number of carbonyl (C=O) groups excluding carboxylic acids is 1. The van der Waals surface area contributed by atoms with Crippen LogP contribution in [0.4, 0.5) is 9.18 Å². The van der Waals surface area contributed by atoms with Crippen molar-refractivity contribution in [2.24, 2.45) is 0 Å². The molecule has 16 nitrogen and oxygen atoms in total. The zero-order chi connectivity index (χ0) is 43.1. The molecule has 348 valence electrons. The van der Waals surface area contributed by atoms with E-state index in [4.69, 9.17) is 66.3 Å². The zero-order valence-electron chi connectivity index (χ0n) is 36.2. The van der Waals surface area contributed by atoms with Crippen molar-refractivity contribution in [2.75, 3.05) is 199 Å². The van der Waals surface area contributed by atoms with Crippen molar-refractivity contribution in [3.63, 3.8) is 0 Å². The second kappa shape index (κ2) is 37.7. The van der Waals surface area contributed by atoms with Gasteiger partial charge in [-0.05, 0) is 22.3 Å². The fourth-order valence-corrected chi connectivity index (χ4v) is 5.79. The molecule has 0 unspecified atom stereocenters. The molecule has 1 aliphatic rings. The van der Waals surface area contributed by atoms with Crippen LogP contribution in [0.1, 0.15) is 17.0 Å². The lowest BCUT2D eigenvalue weighted by atomic mass is 9.98. The lowest BCUT2D eigenvalue weighted by molar-refractivity contribution is -0.0291. The Kier molecular flexibility index (Phi) is 32.4. The first-order valence-corrected chi connectivity index (χ1v) is 21.3. The monoisotopic (exact) mass is 871 g/mol. The third-order valence-electron chi connectivity index (χ3n) is 8.90. The average molecular weight is 872 g/mol. The van der Waals surface area contributed by atoms with Gasteiger partial charge in [0, 0.05) is 19.5 Å². The number of ether oxygens (including phenoxy) is 14. The van der Waals surface area contributed by atoms with Crippen LogP contribution in [0.15, 0.2) is 48.5 Å². The minimum absolute atomic E-state index is 0.0335. The van der Waals surface area contributed by atoms with Crippen LogP contribution in [0.3, 0.4) is 0 Å². The Morgan fingerprint density at radius 2 is 0.689 bits per heavy atom. The van der Waals surface area contributed by atoms with E-state index in [-0.39, 0.29) is 18.6 Å². The largest absolute Gasteiger partial charge is 0.448 e. The van der Waals surface area contributed by atoms with Crippen LogP contribution in [-0.2, 0) is 66.3 Å². The summed E-state index contributed by atoms with van der Waals surface area (Å²) in [5.41, 5.74) is 4.78. The SMILES string of the molecule is CN(CCOCCOCCOCCOCCOCCOCCOCCOCCOCCOCCOCCOCCOCCF)C(=O)OCC1c2ccccc2-c2ccccc21. The lowest BCUT2D eigenvalue weighted by Gasteiger charge is -2.19. The molecule has 0 fully saturated rings. The number of hydrogen-bond donors (Lipinski definition) is 0. The summed E-state index contributed by atoms with van der Waals surface area (Å²) >= 11 is 0. The fourth-order valence-electron chi connectivity index (χ4n) is 5.79. The molecule has 17 heteroatoms. The van der Waals surface area contributed by atoms with Gasteiger partial charge >= 0.3 is 6.09 Å². The van der Waals surface area contributed by atoms with Crippen LogP contribution in [0, 0.1) is 0 Å². The van der Waals surface area contributed by atoms with Gasteiger partial charge in [0.05, 0.1) is 172 Å². The summed E-state index contributed by atoms with van der Waals surface area (Å²) < 4.78 is 88.3. The lowest BCUT2D eigenvalue weighted by Crippen LogP contribution is -2.32. The molecule has 0 N–H and O–H groups in total. The first-order chi connectivity index (χ1) is 30.2. The van der Waals surface area contributed by atoms with Crippen molar-refractivity contribution >= 4 is 6.09 Å². The number of halogens is 1. The van der Waals surface area contributed by atoms with Gasteiger partial charge in [0.15, 0.2) is 0 Å². The number of carbonyl (C=O) groups is 1. The second-order valence-corrected chi connectivity index (χ2v) is 13.4. The highest BCUT2D eigenvalue weighted by atomic mass is 19.1. The van der Waals surface area contributed by atoms with Crippen LogP contribution in [0.5, 0.6) is 0 Å². The molecule has 0 aromatic heterocycles. The van der Waals surface area contributed by atoms with E-state index in [9.17, 15) is 9.18 Å². The molecule has 0 saturated carbocycles. The van der Waals surface area contributed by atoms with Crippen LogP contribution < -0.4 is 0 Å². The van der Waals surface area contributed by atoms with Gasteiger partial charge in [-0.25, -0.2) is 9.18 Å². The van der Waals surface area contributed by atoms with Gasteiger partial charge < -0.3 is 71.2 Å². The van der Waals surface area contributed by atoms with Gasteiger partial charge in [0.25, 0.3) is 0 Å². The van der Waals surface area contributed by atoms with Gasteiger partial charge in [-0.1, -0.05) is 48.5 Å². The summed E-state index contributed by atoms with van der Waals surface area (Å²) in [6, 6.07) is 16.6. The standard InChI is InChI=1S/C44H70FNO15/c1-46(44(47)61-38-43-41-8-4-2-6-39(41)40-7-3-5-9-42(40)43)11-13-49-15-17-51-19-21-53-23-25-55-27-29-57-31-33-59-35-37-60-36-34-58-32-30-56-28-26-54-24-22-52-20-18-50-16-14-48-12-10-45/h2-9,43H,10-38H2,1H3. The normalized spacial score (nSPS) is 12.2. The first kappa shape index (κ1) is 52.5. The number of fused-ring (bicyclic) bond motifs is 3. The molecule has 0 saturated heterocycles. The van der Waals surface area contributed by atoms with Crippen LogP contribution in [-0.4, -0.2) is 210 Å². The molecule has 1 aliphatic carbocycles. The number of rotatable bonds is 43. The summed E-state index contributed by atoms with van der Waals surface area (Å²) in [5.74, 6) is 0.0335. The molecule has 0 bridgehead atoms. The predicted octanol–water partition coefficient (Wildman–Crippen LogP) is 4.05. The summed E-state index contributed by atoms with van der Waals surface area (Å²) in [6.45, 7) is 12.0. The number of amides is 1. The molecular formula is C44H70FNO15. The fraction of sp³-hybridized carbons (Fsp3) is 0.705. The van der Waals surface area contributed by atoms with Gasteiger partial charge in [-0.15, -0.1) is 0 Å². The maximum absolute atomic E-state index is 12.6. The quantitative estimate of drug-likeness (QED) is 0.0882. The highest BCUT2D eigenvalue weighted by molar-refractivity contribution is 5.79. The highest BCUT2D eigenvalue weighted by Crippen LogP contribution is 2.44. The third-order valence-corrected chi connectivity index (χ3v) is 8.90. The van der Waals surface area contributed by atoms with Gasteiger partial charge in [0.1, 0.15) is 13.3 Å². The summed E-state index contributed by atoms with van der Waals surface area (Å²) in [6.07, 6.45) is -0.369. The van der Waals surface area contributed by atoms with E-state index in [1.54, 1.807) is 7.05 Å². The van der Waals surface area contributed by atoms with E-state index in [1.807, 2.05) is 24.3 Å². The van der Waals surface area contributed by atoms with Crippen molar-refractivity contribution in [1.82, 2.24) is 4.90 Å². The molecule has 0 aliphatic heterocycles. The zero-order valence-corrected chi connectivity index (χ0v) is 36.2. The maximum Gasteiger partial charge on any atom is 0.409 e. The summed E-state index contributed by atoms with van der Waals surface area (Å²) in [7, 11) is 1.71. The van der Waals surface area contributed by atoms with Gasteiger partial charge in [0.2, 0.25) is 0 Å². The van der Waals surface area contributed by atoms with Gasteiger partial charge in [-0.2, -0.15) is 0 Å². The Morgan fingerprint density at radius 1 is 0.426 bits per heavy atom. The van der Waals surface area contributed by atoms with E-state index < -0.39 is 6.67 Å². The van der Waals surface area contributed by atoms with E-state index in [0.29, 0.717) is 178 Å². The minimum Gasteiger partial charge on any atom is -0.448 e. The number of likely N-dealkylation sites (N-methyl/N-ethyl adjacent to an activating group) is 1. The maximum atomic E-state index is 12.6. The average Bonchev–Trinajstić information content (AvgIpc) is 3.60. The molecule has 1 amide bonds. The molecule has 0 spiro atoms. The molecule has 61 heavy (non-hydrogen) atoms. The van der Waals surface area contributed by atoms with E-state index in [2.05, 4.69) is 24.3 Å². The van der Waals surface area contributed by atoms with Crippen molar-refractivity contribution in [2.45, 2.75) is 5.92 Å². The van der Waals surface area contributed by atoms with Crippen molar-refractivity contribution in [1.29, 1.82) is 0 Å².